The Morgan fingerprint density at radius 1 is 1.56 bits per heavy atom. The highest BCUT2D eigenvalue weighted by atomic mass is 16.6. The molecule has 2 heteroatoms. The number of ether oxygens (including phenoxy) is 1. The van der Waals surface area contributed by atoms with Crippen molar-refractivity contribution < 1.29 is 9.84 Å². The molecule has 1 unspecified atom stereocenters. The fraction of sp³-hybridized carbons (Fsp3) is 1.00. The Morgan fingerprint density at radius 3 is 2.67 bits per heavy atom. The molecule has 1 radical (unpaired) electrons. The molecule has 0 aliphatic rings. The molecular weight excluding hydrogens is 116 g/mol. The molecule has 0 saturated carbocycles. The maximum atomic E-state index is 9.88. The molecule has 0 aliphatic carbocycles. The van der Waals surface area contributed by atoms with Crippen LogP contribution < -0.4 is 0 Å². The second-order valence-electron chi connectivity index (χ2n) is 2.24. The predicted octanol–water partition coefficient (Wildman–Crippen LogP) is 1.97. The van der Waals surface area contributed by atoms with Gasteiger partial charge in [-0.15, -0.1) is 0 Å². The van der Waals surface area contributed by atoms with E-state index < -0.39 is 6.79 Å². The third kappa shape index (κ3) is 5.80. The summed E-state index contributed by atoms with van der Waals surface area (Å²) in [5.74, 6) is 0. The second-order valence-corrected chi connectivity index (χ2v) is 2.24. The van der Waals surface area contributed by atoms with Crippen LogP contribution in [0.15, 0.2) is 0 Å². The van der Waals surface area contributed by atoms with Gasteiger partial charge in [-0.3, -0.25) is 0 Å². The Bertz CT molecular complexity index is 54.9. The first-order chi connectivity index (χ1) is 4.31. The summed E-state index contributed by atoms with van der Waals surface area (Å²) < 4.78 is 4.79. The van der Waals surface area contributed by atoms with Crippen LogP contribution in [0.25, 0.3) is 0 Å². The summed E-state index contributed by atoms with van der Waals surface area (Å²) in [6, 6.07) is 0. The van der Waals surface area contributed by atoms with Crippen LogP contribution in [0.3, 0.4) is 0 Å². The number of hydrogen-bond acceptors (Lipinski definition) is 1. The Morgan fingerprint density at radius 2 is 2.22 bits per heavy atom. The monoisotopic (exact) mass is 131 g/mol. The quantitative estimate of drug-likeness (QED) is 0.524. The molecule has 1 atom stereocenters. The summed E-state index contributed by atoms with van der Waals surface area (Å²) in [5, 5.41) is 9.88. The average Bonchev–Trinajstić information content (AvgIpc) is 1.85. The lowest BCUT2D eigenvalue weighted by molar-refractivity contribution is -0.0798. The van der Waals surface area contributed by atoms with Gasteiger partial charge in [0.05, 0.1) is 6.10 Å². The number of rotatable bonds is 5. The minimum Gasteiger partial charge on any atom is -0.349 e. The van der Waals surface area contributed by atoms with Gasteiger partial charge in [-0.2, -0.15) is 0 Å². The molecule has 0 bridgehead atoms. The van der Waals surface area contributed by atoms with E-state index in [2.05, 4.69) is 6.92 Å². The van der Waals surface area contributed by atoms with Gasteiger partial charge in [-0.1, -0.05) is 19.8 Å². The molecule has 0 heterocycles. The normalized spacial score (nSPS) is 13.7. The van der Waals surface area contributed by atoms with E-state index in [0.29, 0.717) is 0 Å². The fourth-order valence-electron chi connectivity index (χ4n) is 0.691. The molecule has 0 rings (SSSR count). The van der Waals surface area contributed by atoms with Crippen molar-refractivity contribution in [1.29, 1.82) is 0 Å². The molecule has 0 amide bonds. The zero-order valence-corrected chi connectivity index (χ0v) is 6.22. The zero-order chi connectivity index (χ0) is 7.11. The molecule has 0 aromatic carbocycles. The van der Waals surface area contributed by atoms with Crippen LogP contribution in [-0.2, 0) is 9.84 Å². The van der Waals surface area contributed by atoms with Crippen LogP contribution in [0.4, 0.5) is 0 Å². The van der Waals surface area contributed by atoms with Crippen LogP contribution in [0.1, 0.15) is 33.1 Å². The minimum atomic E-state index is -0.398. The van der Waals surface area contributed by atoms with E-state index >= 15 is 0 Å². The van der Waals surface area contributed by atoms with E-state index in [1.807, 2.05) is 6.92 Å². The van der Waals surface area contributed by atoms with Crippen LogP contribution in [0, 0.1) is 0 Å². The Kier molecular flexibility index (Phi) is 5.99. The lowest BCUT2D eigenvalue weighted by Gasteiger charge is -2.07. The summed E-state index contributed by atoms with van der Waals surface area (Å²) in [7, 11) is 0. The molecule has 0 aliphatic heterocycles. The van der Waals surface area contributed by atoms with Gasteiger partial charge in [-0.05, 0) is 13.3 Å². The number of unbranched alkanes of at least 4 members (excludes halogenated alkanes) is 1. The van der Waals surface area contributed by atoms with Gasteiger partial charge in [0.25, 0.3) is 0 Å². The SMILES string of the molecule is CCCCC(C)OC[O]. The topological polar surface area (TPSA) is 29.1 Å². The summed E-state index contributed by atoms with van der Waals surface area (Å²) in [6.45, 7) is 3.67. The fourth-order valence-corrected chi connectivity index (χ4v) is 0.691. The van der Waals surface area contributed by atoms with E-state index in [0.717, 1.165) is 12.8 Å². The maximum absolute atomic E-state index is 9.88. The highest BCUT2D eigenvalue weighted by Crippen LogP contribution is 2.02. The van der Waals surface area contributed by atoms with E-state index in [1.165, 1.54) is 6.42 Å². The molecule has 55 valence electrons. The van der Waals surface area contributed by atoms with Crippen LogP contribution in [-0.4, -0.2) is 12.9 Å². The summed E-state index contributed by atoms with van der Waals surface area (Å²) in [6.07, 6.45) is 3.49. The van der Waals surface area contributed by atoms with Gasteiger partial charge >= 0.3 is 0 Å². The first kappa shape index (κ1) is 8.92. The molecule has 0 aromatic heterocycles. The van der Waals surface area contributed by atoms with Gasteiger partial charge in [0, 0.05) is 0 Å². The van der Waals surface area contributed by atoms with Crippen molar-refractivity contribution in [1.82, 2.24) is 0 Å². The van der Waals surface area contributed by atoms with Crippen LogP contribution >= 0.6 is 0 Å². The summed E-state index contributed by atoms with van der Waals surface area (Å²) in [4.78, 5) is 0. The van der Waals surface area contributed by atoms with Crippen molar-refractivity contribution in [3.8, 4) is 0 Å². The van der Waals surface area contributed by atoms with E-state index in [1.54, 1.807) is 0 Å². The third-order valence-electron chi connectivity index (χ3n) is 1.32. The Hall–Kier alpha value is -0.0800. The molecular formula is C7H15O2. The lowest BCUT2D eigenvalue weighted by Crippen LogP contribution is -2.07. The molecule has 0 spiro atoms. The molecule has 0 fully saturated rings. The van der Waals surface area contributed by atoms with Crippen LogP contribution in [0.5, 0.6) is 0 Å². The molecule has 0 N–H and O–H groups in total. The van der Waals surface area contributed by atoms with E-state index in [-0.39, 0.29) is 6.10 Å². The van der Waals surface area contributed by atoms with Crippen molar-refractivity contribution in [2.45, 2.75) is 39.2 Å². The predicted molar refractivity (Wildman–Crippen MR) is 35.6 cm³/mol. The van der Waals surface area contributed by atoms with Gasteiger partial charge in [0.1, 0.15) is 0 Å². The van der Waals surface area contributed by atoms with Gasteiger partial charge in [0.15, 0.2) is 6.79 Å². The number of hydrogen-bond donors (Lipinski definition) is 0. The standard InChI is InChI=1S/C7H15O2/c1-3-4-5-7(2)9-6-8/h7H,3-6H2,1-2H3. The maximum Gasteiger partial charge on any atom is 0.181 e. The molecule has 9 heavy (non-hydrogen) atoms. The lowest BCUT2D eigenvalue weighted by atomic mass is 10.2. The highest BCUT2D eigenvalue weighted by molar-refractivity contribution is 4.47. The largest absolute Gasteiger partial charge is 0.349 e. The first-order valence-corrected chi connectivity index (χ1v) is 3.51. The average molecular weight is 131 g/mol. The van der Waals surface area contributed by atoms with Crippen molar-refractivity contribution in [3.05, 3.63) is 0 Å². The molecule has 0 aromatic rings. The third-order valence-corrected chi connectivity index (χ3v) is 1.32. The van der Waals surface area contributed by atoms with Crippen molar-refractivity contribution in [2.75, 3.05) is 6.79 Å². The Labute approximate surface area is 56.8 Å². The van der Waals surface area contributed by atoms with Gasteiger partial charge < -0.3 is 4.74 Å². The van der Waals surface area contributed by atoms with Crippen LogP contribution in [0.2, 0.25) is 0 Å². The van der Waals surface area contributed by atoms with E-state index in [9.17, 15) is 5.11 Å². The smallest absolute Gasteiger partial charge is 0.181 e. The van der Waals surface area contributed by atoms with Gasteiger partial charge in [-0.25, -0.2) is 5.11 Å². The highest BCUT2D eigenvalue weighted by Gasteiger charge is 1.98. The summed E-state index contributed by atoms with van der Waals surface area (Å²) in [5.41, 5.74) is 0. The van der Waals surface area contributed by atoms with Gasteiger partial charge in [0.2, 0.25) is 0 Å². The van der Waals surface area contributed by atoms with Crippen molar-refractivity contribution >= 4 is 0 Å². The first-order valence-electron chi connectivity index (χ1n) is 3.51. The summed E-state index contributed by atoms with van der Waals surface area (Å²) >= 11 is 0. The molecule has 0 saturated heterocycles. The Balaban J connectivity index is 2.95. The second kappa shape index (κ2) is 6.05. The zero-order valence-electron chi connectivity index (χ0n) is 6.22. The van der Waals surface area contributed by atoms with E-state index in [4.69, 9.17) is 4.74 Å². The van der Waals surface area contributed by atoms with Crippen molar-refractivity contribution in [3.63, 3.8) is 0 Å². The minimum absolute atomic E-state index is 0.155. The van der Waals surface area contributed by atoms with Crippen molar-refractivity contribution in [2.24, 2.45) is 0 Å². The molecule has 2 nitrogen and oxygen atoms in total.